The molecule has 3 aromatic rings. The molecular weight excluding hydrogens is 378 g/mol. The first kappa shape index (κ1) is 20.1. The summed E-state index contributed by atoms with van der Waals surface area (Å²) in [5.74, 6) is 1.47. The minimum atomic E-state index is 0.140. The number of nitrogens with zero attached hydrogens (tertiary/aromatic N) is 4. The first-order chi connectivity index (χ1) is 14.7. The predicted molar refractivity (Wildman–Crippen MR) is 112 cm³/mol. The summed E-state index contributed by atoms with van der Waals surface area (Å²) in [7, 11) is 0. The van der Waals surface area contributed by atoms with Gasteiger partial charge in [0.15, 0.2) is 0 Å². The Balaban J connectivity index is 1.60. The summed E-state index contributed by atoms with van der Waals surface area (Å²) in [5.41, 5.74) is 9.41. The van der Waals surface area contributed by atoms with Gasteiger partial charge in [-0.25, -0.2) is 10.5 Å². The van der Waals surface area contributed by atoms with Crippen LogP contribution in [0.4, 0.5) is 11.4 Å². The van der Waals surface area contributed by atoms with Crippen molar-refractivity contribution in [2.75, 3.05) is 17.2 Å². The number of benzene rings is 2. The Hall–Kier alpha value is -4.69. The monoisotopic (exact) mass is 395 g/mol. The molecule has 1 aromatic heterocycles. The molecule has 3 rings (SSSR count). The van der Waals surface area contributed by atoms with Crippen molar-refractivity contribution in [3.63, 3.8) is 0 Å². The standard InChI is InChI=1S/C22H17N7O/c23-12-18-10-17(11-19(13-24)28-18)27-15-20(29-25)14-26-16-6-8-22(9-7-16)30-21-4-2-1-3-5-21/h1-11,14,25-26H,15H2,(H,27,28)/b20-14-,29-25?. The number of hydrogen-bond acceptors (Lipinski definition) is 8. The van der Waals surface area contributed by atoms with Crippen molar-refractivity contribution in [1.29, 1.82) is 16.1 Å². The topological polar surface area (TPSA) is 130 Å². The van der Waals surface area contributed by atoms with Crippen LogP contribution in [0.3, 0.4) is 0 Å². The summed E-state index contributed by atoms with van der Waals surface area (Å²) in [6.07, 6.45) is 1.60. The number of para-hydroxylation sites is 1. The minimum Gasteiger partial charge on any atom is -0.457 e. The number of nitrogens with one attached hydrogen (secondary N) is 3. The predicted octanol–water partition coefficient (Wildman–Crippen LogP) is 5.01. The normalized spacial score (nSPS) is 10.4. The molecule has 0 atom stereocenters. The van der Waals surface area contributed by atoms with E-state index in [0.717, 1.165) is 11.4 Å². The maximum atomic E-state index is 8.99. The summed E-state index contributed by atoms with van der Waals surface area (Å²) in [6.45, 7) is 0.228. The SMILES string of the molecule is N#Cc1cc(NC/C(=C/Nc2ccc(Oc3ccccc3)cc2)N=N)cc(C#N)n1. The van der Waals surface area contributed by atoms with Crippen molar-refractivity contribution < 1.29 is 4.74 Å². The average molecular weight is 395 g/mol. The van der Waals surface area contributed by atoms with Crippen molar-refractivity contribution in [3.8, 4) is 23.6 Å². The molecule has 0 spiro atoms. The molecule has 1 heterocycles. The number of hydrogen-bond donors (Lipinski definition) is 3. The van der Waals surface area contributed by atoms with Gasteiger partial charge in [0, 0.05) is 17.6 Å². The summed E-state index contributed by atoms with van der Waals surface area (Å²) >= 11 is 0. The molecule has 0 aliphatic heterocycles. The van der Waals surface area contributed by atoms with Crippen LogP contribution in [-0.4, -0.2) is 11.5 Å². The van der Waals surface area contributed by atoms with Crippen LogP contribution in [0.25, 0.3) is 0 Å². The molecule has 2 aromatic carbocycles. The average Bonchev–Trinajstić information content (AvgIpc) is 2.80. The van der Waals surface area contributed by atoms with Crippen molar-refractivity contribution in [1.82, 2.24) is 4.98 Å². The highest BCUT2D eigenvalue weighted by Gasteiger charge is 2.03. The van der Waals surface area contributed by atoms with E-state index < -0.39 is 0 Å². The van der Waals surface area contributed by atoms with Crippen LogP contribution < -0.4 is 15.4 Å². The zero-order valence-electron chi connectivity index (χ0n) is 15.8. The Kier molecular flexibility index (Phi) is 6.70. The van der Waals surface area contributed by atoms with Crippen molar-refractivity contribution >= 4 is 11.4 Å². The molecule has 0 bridgehead atoms. The fourth-order valence-electron chi connectivity index (χ4n) is 2.47. The zero-order valence-corrected chi connectivity index (χ0v) is 15.8. The highest BCUT2D eigenvalue weighted by atomic mass is 16.5. The number of anilines is 2. The van der Waals surface area contributed by atoms with Gasteiger partial charge in [0.05, 0.1) is 12.2 Å². The number of ether oxygens (including phenoxy) is 1. The highest BCUT2D eigenvalue weighted by molar-refractivity contribution is 5.52. The van der Waals surface area contributed by atoms with E-state index in [4.69, 9.17) is 20.8 Å². The summed E-state index contributed by atoms with van der Waals surface area (Å²) in [4.78, 5) is 3.87. The minimum absolute atomic E-state index is 0.140. The molecule has 0 saturated heterocycles. The van der Waals surface area contributed by atoms with E-state index in [1.54, 1.807) is 6.20 Å². The van der Waals surface area contributed by atoms with Gasteiger partial charge in [0.25, 0.3) is 0 Å². The van der Waals surface area contributed by atoms with Crippen molar-refractivity contribution in [3.05, 3.63) is 90.0 Å². The lowest BCUT2D eigenvalue weighted by Crippen LogP contribution is -2.06. The Labute approximate surface area is 173 Å². The van der Waals surface area contributed by atoms with Crippen LogP contribution >= 0.6 is 0 Å². The van der Waals surface area contributed by atoms with Gasteiger partial charge in [-0.3, -0.25) is 0 Å². The fourth-order valence-corrected chi connectivity index (χ4v) is 2.47. The van der Waals surface area contributed by atoms with Crippen molar-refractivity contribution in [2.24, 2.45) is 5.11 Å². The lowest BCUT2D eigenvalue weighted by atomic mass is 10.2. The van der Waals surface area contributed by atoms with E-state index in [2.05, 4.69) is 20.7 Å². The number of aromatic nitrogens is 1. The first-order valence-electron chi connectivity index (χ1n) is 8.92. The lowest BCUT2D eigenvalue weighted by molar-refractivity contribution is 0.483. The van der Waals surface area contributed by atoms with E-state index in [-0.39, 0.29) is 17.9 Å². The maximum Gasteiger partial charge on any atom is 0.144 e. The number of rotatable bonds is 8. The Morgan fingerprint density at radius 1 is 0.967 bits per heavy atom. The molecule has 0 radical (unpaired) electrons. The van der Waals surface area contributed by atoms with Crippen molar-refractivity contribution in [2.45, 2.75) is 0 Å². The fraction of sp³-hybridized carbons (Fsp3) is 0.0455. The molecule has 0 aliphatic rings. The van der Waals surface area contributed by atoms with E-state index in [9.17, 15) is 0 Å². The van der Waals surface area contributed by atoms with Crippen LogP contribution in [0.15, 0.2) is 83.7 Å². The van der Waals surface area contributed by atoms with Gasteiger partial charge in [-0.1, -0.05) is 18.2 Å². The molecule has 30 heavy (non-hydrogen) atoms. The third-order valence-corrected chi connectivity index (χ3v) is 3.91. The second kappa shape index (κ2) is 10.0. The quantitative estimate of drug-likeness (QED) is 0.459. The largest absolute Gasteiger partial charge is 0.457 e. The van der Waals surface area contributed by atoms with Gasteiger partial charge < -0.3 is 15.4 Å². The molecule has 0 saturated carbocycles. The third-order valence-electron chi connectivity index (χ3n) is 3.91. The Morgan fingerprint density at radius 2 is 1.60 bits per heavy atom. The second-order valence-corrected chi connectivity index (χ2v) is 6.03. The van der Waals surface area contributed by atoms with Gasteiger partial charge in [-0.15, -0.1) is 0 Å². The molecular formula is C22H17N7O. The highest BCUT2D eigenvalue weighted by Crippen LogP contribution is 2.22. The Bertz CT molecular complexity index is 1090. The van der Waals surface area contributed by atoms with Crippen LogP contribution in [-0.2, 0) is 0 Å². The molecule has 0 unspecified atom stereocenters. The summed E-state index contributed by atoms with van der Waals surface area (Å²) in [5, 5.41) is 27.6. The summed E-state index contributed by atoms with van der Waals surface area (Å²) < 4.78 is 5.75. The maximum absolute atomic E-state index is 8.99. The van der Waals surface area contributed by atoms with Crippen LogP contribution in [0, 0.1) is 28.2 Å². The summed E-state index contributed by atoms with van der Waals surface area (Å²) in [6, 6.07) is 23.8. The molecule has 146 valence electrons. The van der Waals surface area contributed by atoms with Gasteiger partial charge in [-0.2, -0.15) is 15.6 Å². The molecule has 0 aliphatic carbocycles. The number of nitriles is 2. The number of pyridine rings is 1. The van der Waals surface area contributed by atoms with E-state index in [1.165, 1.54) is 12.1 Å². The molecule has 3 N–H and O–H groups in total. The molecule has 0 fully saturated rings. The zero-order chi connectivity index (χ0) is 21.2. The molecule has 0 amide bonds. The lowest BCUT2D eigenvalue weighted by Gasteiger charge is -2.09. The van der Waals surface area contributed by atoms with Crippen LogP contribution in [0.5, 0.6) is 11.5 Å². The van der Waals surface area contributed by atoms with E-state index >= 15 is 0 Å². The van der Waals surface area contributed by atoms with Crippen LogP contribution in [0.2, 0.25) is 0 Å². The van der Waals surface area contributed by atoms with Gasteiger partial charge in [0.2, 0.25) is 0 Å². The molecule has 8 nitrogen and oxygen atoms in total. The first-order valence-corrected chi connectivity index (χ1v) is 8.92. The van der Waals surface area contributed by atoms with E-state index in [1.807, 2.05) is 66.7 Å². The smallest absolute Gasteiger partial charge is 0.144 e. The second-order valence-electron chi connectivity index (χ2n) is 6.03. The van der Waals surface area contributed by atoms with Gasteiger partial charge in [0.1, 0.15) is 35.0 Å². The third kappa shape index (κ3) is 5.65. The van der Waals surface area contributed by atoms with Gasteiger partial charge in [-0.05, 0) is 48.5 Å². The van der Waals surface area contributed by atoms with E-state index in [0.29, 0.717) is 17.1 Å². The van der Waals surface area contributed by atoms with Crippen LogP contribution in [0.1, 0.15) is 11.4 Å². The van der Waals surface area contributed by atoms with Gasteiger partial charge >= 0.3 is 0 Å². The molecule has 8 heteroatoms. The Morgan fingerprint density at radius 3 is 2.20 bits per heavy atom.